The molecule has 0 saturated heterocycles. The van der Waals surface area contributed by atoms with Gasteiger partial charge in [-0.2, -0.15) is 5.10 Å². The molecule has 1 aromatic carbocycles. The monoisotopic (exact) mass is 314 g/mol. The third-order valence-electron chi connectivity index (χ3n) is 3.95. The molecule has 3 rings (SSSR count). The standard InChI is InChI=1S/C16H18N4O3/c1-9-7-12(9)15(21)19-20-16(22)14-8-13(17-18-14)10-3-5-11(23-2)6-4-10/h3-6,8-9,12H,7H2,1-2H3,(H,17,18)(H,19,21)(H,20,22). The van der Waals surface area contributed by atoms with Gasteiger partial charge in [0.1, 0.15) is 11.4 Å². The van der Waals surface area contributed by atoms with Gasteiger partial charge in [-0.1, -0.05) is 6.92 Å². The summed E-state index contributed by atoms with van der Waals surface area (Å²) >= 11 is 0. The lowest BCUT2D eigenvalue weighted by atomic mass is 10.1. The molecule has 2 unspecified atom stereocenters. The Kier molecular flexibility index (Phi) is 4.01. The van der Waals surface area contributed by atoms with Gasteiger partial charge < -0.3 is 4.74 Å². The second-order valence-electron chi connectivity index (χ2n) is 5.66. The van der Waals surface area contributed by atoms with E-state index in [4.69, 9.17) is 4.74 Å². The molecule has 120 valence electrons. The molecular weight excluding hydrogens is 296 g/mol. The van der Waals surface area contributed by atoms with E-state index in [9.17, 15) is 9.59 Å². The number of nitrogens with one attached hydrogen (secondary N) is 3. The lowest BCUT2D eigenvalue weighted by Crippen LogP contribution is -2.42. The van der Waals surface area contributed by atoms with E-state index in [1.54, 1.807) is 13.2 Å². The van der Waals surface area contributed by atoms with Gasteiger partial charge in [-0.05, 0) is 42.7 Å². The van der Waals surface area contributed by atoms with E-state index in [0.29, 0.717) is 11.6 Å². The SMILES string of the molecule is COc1ccc(-c2cc(C(=O)NNC(=O)C3CC3C)[nH]n2)cc1. The number of aromatic nitrogens is 2. The Morgan fingerprint density at radius 2 is 1.96 bits per heavy atom. The fraction of sp³-hybridized carbons (Fsp3) is 0.312. The average molecular weight is 314 g/mol. The third-order valence-corrected chi connectivity index (χ3v) is 3.95. The number of amides is 2. The second-order valence-corrected chi connectivity index (χ2v) is 5.66. The van der Waals surface area contributed by atoms with Gasteiger partial charge in [0.25, 0.3) is 5.91 Å². The van der Waals surface area contributed by atoms with Crippen LogP contribution in [0.15, 0.2) is 30.3 Å². The molecule has 1 fully saturated rings. The molecule has 7 heteroatoms. The fourth-order valence-corrected chi connectivity index (χ4v) is 2.31. The number of benzene rings is 1. The molecule has 7 nitrogen and oxygen atoms in total. The zero-order valence-electron chi connectivity index (χ0n) is 12.9. The number of hydrogen-bond acceptors (Lipinski definition) is 4. The van der Waals surface area contributed by atoms with Crippen molar-refractivity contribution in [3.63, 3.8) is 0 Å². The first kappa shape index (κ1) is 15.1. The minimum atomic E-state index is -0.432. The Balaban J connectivity index is 1.61. The van der Waals surface area contributed by atoms with Gasteiger partial charge in [-0.3, -0.25) is 25.5 Å². The molecule has 0 bridgehead atoms. The Labute approximate surface area is 133 Å². The predicted molar refractivity (Wildman–Crippen MR) is 83.5 cm³/mol. The fourth-order valence-electron chi connectivity index (χ4n) is 2.31. The minimum Gasteiger partial charge on any atom is -0.497 e. The molecule has 0 aliphatic heterocycles. The molecule has 1 aliphatic carbocycles. The first-order valence-electron chi connectivity index (χ1n) is 7.38. The van der Waals surface area contributed by atoms with Crippen LogP contribution in [0.1, 0.15) is 23.8 Å². The van der Waals surface area contributed by atoms with Crippen LogP contribution in [0.4, 0.5) is 0 Å². The summed E-state index contributed by atoms with van der Waals surface area (Å²) in [6, 6.07) is 8.98. The van der Waals surface area contributed by atoms with E-state index in [2.05, 4.69) is 21.0 Å². The summed E-state index contributed by atoms with van der Waals surface area (Å²) in [7, 11) is 1.60. The number of hydrogen-bond donors (Lipinski definition) is 3. The van der Waals surface area contributed by atoms with Crippen molar-refractivity contribution < 1.29 is 14.3 Å². The molecule has 1 heterocycles. The normalized spacial score (nSPS) is 19.0. The first-order valence-corrected chi connectivity index (χ1v) is 7.38. The van der Waals surface area contributed by atoms with E-state index in [0.717, 1.165) is 17.7 Å². The van der Waals surface area contributed by atoms with Crippen molar-refractivity contribution in [2.75, 3.05) is 7.11 Å². The maximum absolute atomic E-state index is 12.0. The number of rotatable bonds is 4. The van der Waals surface area contributed by atoms with Crippen molar-refractivity contribution >= 4 is 11.8 Å². The van der Waals surface area contributed by atoms with Crippen molar-refractivity contribution in [1.29, 1.82) is 0 Å². The van der Waals surface area contributed by atoms with Crippen LogP contribution >= 0.6 is 0 Å². The lowest BCUT2D eigenvalue weighted by molar-refractivity contribution is -0.123. The molecule has 2 amide bonds. The maximum atomic E-state index is 12.0. The Morgan fingerprint density at radius 3 is 2.57 bits per heavy atom. The first-order chi connectivity index (χ1) is 11.1. The number of carbonyl (C=O) groups excluding carboxylic acids is 2. The highest BCUT2D eigenvalue weighted by Gasteiger charge is 2.39. The van der Waals surface area contributed by atoms with E-state index in [1.807, 2.05) is 31.2 Å². The van der Waals surface area contributed by atoms with Gasteiger partial charge in [0.15, 0.2) is 0 Å². The van der Waals surface area contributed by atoms with E-state index < -0.39 is 5.91 Å². The van der Waals surface area contributed by atoms with E-state index in [1.165, 1.54) is 0 Å². The quantitative estimate of drug-likeness (QED) is 0.745. The van der Waals surface area contributed by atoms with Gasteiger partial charge in [0, 0.05) is 11.5 Å². The minimum absolute atomic E-state index is 0.00641. The van der Waals surface area contributed by atoms with Crippen LogP contribution in [0.25, 0.3) is 11.3 Å². The van der Waals surface area contributed by atoms with Crippen LogP contribution in [-0.2, 0) is 4.79 Å². The molecular formula is C16H18N4O3. The summed E-state index contributed by atoms with van der Waals surface area (Å²) in [6.45, 7) is 2.00. The summed E-state index contributed by atoms with van der Waals surface area (Å²) in [5.41, 5.74) is 6.60. The number of aromatic amines is 1. The average Bonchev–Trinajstić information content (AvgIpc) is 3.11. The lowest BCUT2D eigenvalue weighted by Gasteiger charge is -2.04. The van der Waals surface area contributed by atoms with E-state index >= 15 is 0 Å². The van der Waals surface area contributed by atoms with Gasteiger partial charge in [-0.25, -0.2) is 0 Å². The third kappa shape index (κ3) is 3.33. The number of nitrogens with zero attached hydrogens (tertiary/aromatic N) is 1. The molecule has 0 radical (unpaired) electrons. The smallest absolute Gasteiger partial charge is 0.287 e. The zero-order valence-corrected chi connectivity index (χ0v) is 12.9. The predicted octanol–water partition coefficient (Wildman–Crippen LogP) is 1.50. The van der Waals surface area contributed by atoms with Crippen LogP contribution in [0.2, 0.25) is 0 Å². The molecule has 1 saturated carbocycles. The van der Waals surface area contributed by atoms with Gasteiger partial charge in [0.2, 0.25) is 5.91 Å². The summed E-state index contributed by atoms with van der Waals surface area (Å²) in [5, 5.41) is 6.78. The highest BCUT2D eigenvalue weighted by Crippen LogP contribution is 2.37. The van der Waals surface area contributed by atoms with Crippen LogP contribution in [0.5, 0.6) is 5.75 Å². The molecule has 3 N–H and O–H groups in total. The van der Waals surface area contributed by atoms with Crippen molar-refractivity contribution in [1.82, 2.24) is 21.0 Å². The summed E-state index contributed by atoms with van der Waals surface area (Å²) in [5.74, 6) is 0.562. The Bertz CT molecular complexity index is 723. The Hall–Kier alpha value is -2.83. The molecule has 2 atom stereocenters. The highest BCUT2D eigenvalue weighted by atomic mass is 16.5. The topological polar surface area (TPSA) is 96.1 Å². The molecule has 0 spiro atoms. The van der Waals surface area contributed by atoms with Crippen molar-refractivity contribution in [2.45, 2.75) is 13.3 Å². The number of H-pyrrole nitrogens is 1. The number of hydrazine groups is 1. The number of carbonyl (C=O) groups is 2. The zero-order chi connectivity index (χ0) is 16.4. The van der Waals surface area contributed by atoms with Crippen LogP contribution in [-0.4, -0.2) is 29.1 Å². The second kappa shape index (κ2) is 6.12. The maximum Gasteiger partial charge on any atom is 0.287 e. The molecule has 1 aliphatic rings. The molecule has 2 aromatic rings. The number of methoxy groups -OCH3 is 1. The van der Waals surface area contributed by atoms with Crippen molar-refractivity contribution in [3.8, 4) is 17.0 Å². The van der Waals surface area contributed by atoms with Gasteiger partial charge in [-0.15, -0.1) is 0 Å². The van der Waals surface area contributed by atoms with Crippen LogP contribution in [0.3, 0.4) is 0 Å². The van der Waals surface area contributed by atoms with Gasteiger partial charge >= 0.3 is 0 Å². The summed E-state index contributed by atoms with van der Waals surface area (Å²) < 4.78 is 5.10. The molecule has 23 heavy (non-hydrogen) atoms. The largest absolute Gasteiger partial charge is 0.497 e. The number of ether oxygens (including phenoxy) is 1. The van der Waals surface area contributed by atoms with Crippen LogP contribution in [0, 0.1) is 11.8 Å². The van der Waals surface area contributed by atoms with E-state index in [-0.39, 0.29) is 17.5 Å². The van der Waals surface area contributed by atoms with Crippen molar-refractivity contribution in [3.05, 3.63) is 36.0 Å². The highest BCUT2D eigenvalue weighted by molar-refractivity contribution is 5.95. The molecule has 1 aromatic heterocycles. The Morgan fingerprint density at radius 1 is 1.26 bits per heavy atom. The summed E-state index contributed by atoms with van der Waals surface area (Å²) in [4.78, 5) is 23.7. The van der Waals surface area contributed by atoms with Crippen LogP contribution < -0.4 is 15.6 Å². The summed E-state index contributed by atoms with van der Waals surface area (Å²) in [6.07, 6.45) is 0.868. The van der Waals surface area contributed by atoms with Crippen molar-refractivity contribution in [2.24, 2.45) is 11.8 Å². The van der Waals surface area contributed by atoms with Gasteiger partial charge in [0.05, 0.1) is 12.8 Å².